The van der Waals surface area contributed by atoms with E-state index in [0.717, 1.165) is 48.3 Å². The van der Waals surface area contributed by atoms with E-state index >= 15 is 4.39 Å². The number of hydrogen-bond donors (Lipinski definition) is 1. The van der Waals surface area contributed by atoms with Crippen molar-refractivity contribution in [3.8, 4) is 0 Å². The number of aromatic carboxylic acids is 1. The Morgan fingerprint density at radius 1 is 0.974 bits per heavy atom. The Morgan fingerprint density at radius 3 is 2.42 bits per heavy atom. The molecule has 1 saturated heterocycles. The second-order valence-electron chi connectivity index (χ2n) is 10.2. The molecule has 1 fully saturated rings. The maximum atomic E-state index is 15.2. The minimum atomic E-state index is -1.07. The van der Waals surface area contributed by atoms with Gasteiger partial charge in [-0.1, -0.05) is 48.0 Å². The molecule has 7 heteroatoms. The third kappa shape index (κ3) is 5.38. The number of carbonyl (C=O) groups is 1. The average molecular weight is 540 g/mol. The van der Waals surface area contributed by atoms with Crippen molar-refractivity contribution in [1.82, 2.24) is 4.90 Å². The van der Waals surface area contributed by atoms with Gasteiger partial charge in [0.15, 0.2) is 11.6 Å². The Labute approximate surface area is 225 Å². The molecule has 3 nitrogen and oxygen atoms in total. The highest BCUT2D eigenvalue weighted by atomic mass is 35.5. The summed E-state index contributed by atoms with van der Waals surface area (Å²) in [6, 6.07) is 16.1. The van der Waals surface area contributed by atoms with Gasteiger partial charge in [0.05, 0.1) is 17.3 Å². The minimum absolute atomic E-state index is 0.170. The molecule has 0 atom stereocenters. The lowest BCUT2D eigenvalue weighted by Crippen LogP contribution is -2.47. The summed E-state index contributed by atoms with van der Waals surface area (Å²) >= 11 is 5.84. The van der Waals surface area contributed by atoms with Gasteiger partial charge in [0.2, 0.25) is 0 Å². The second-order valence-corrected chi connectivity index (χ2v) is 10.6. The number of alkyl halides is 1. The van der Waals surface area contributed by atoms with Crippen LogP contribution in [0.25, 0.3) is 11.1 Å². The highest BCUT2D eigenvalue weighted by molar-refractivity contribution is 6.30. The molecule has 0 saturated carbocycles. The Balaban J connectivity index is 1.53. The quantitative estimate of drug-likeness (QED) is 0.302. The second kappa shape index (κ2) is 11.3. The summed E-state index contributed by atoms with van der Waals surface area (Å²) in [7, 11) is 0. The van der Waals surface area contributed by atoms with Crippen LogP contribution in [0.1, 0.15) is 57.4 Å². The SMILES string of the molecule is O=C(O)c1ccc2c(c1)CCCC(c1ccc(Cl)c(F)c1F)=C2c1ccc(CC2CN(CCCF)C2)cc1. The van der Waals surface area contributed by atoms with Crippen molar-refractivity contribution in [2.24, 2.45) is 5.92 Å². The minimum Gasteiger partial charge on any atom is -0.478 e. The molecule has 0 aromatic heterocycles. The molecule has 0 radical (unpaired) electrons. The molecule has 2 aliphatic rings. The van der Waals surface area contributed by atoms with E-state index in [2.05, 4.69) is 17.0 Å². The molecule has 0 amide bonds. The summed E-state index contributed by atoms with van der Waals surface area (Å²) in [5, 5.41) is 9.25. The smallest absolute Gasteiger partial charge is 0.335 e. The maximum Gasteiger partial charge on any atom is 0.335 e. The molecule has 5 rings (SSSR count). The molecule has 1 aliphatic heterocycles. The van der Waals surface area contributed by atoms with Crippen LogP contribution in [0.2, 0.25) is 5.02 Å². The Hall–Kier alpha value is -3.09. The van der Waals surface area contributed by atoms with Gasteiger partial charge in [0.25, 0.3) is 0 Å². The molecule has 3 aromatic rings. The fraction of sp³-hybridized carbons (Fsp3) is 0.323. The Bertz CT molecular complexity index is 1380. The van der Waals surface area contributed by atoms with Crippen molar-refractivity contribution >= 4 is 28.7 Å². The van der Waals surface area contributed by atoms with Crippen molar-refractivity contribution in [3.63, 3.8) is 0 Å². The average Bonchev–Trinajstić information content (AvgIpc) is 3.08. The van der Waals surface area contributed by atoms with Crippen LogP contribution in [0.15, 0.2) is 54.6 Å². The van der Waals surface area contributed by atoms with E-state index in [9.17, 15) is 18.7 Å². The molecular formula is C31H29ClF3NO2. The van der Waals surface area contributed by atoms with Gasteiger partial charge < -0.3 is 10.0 Å². The standard InChI is InChI=1S/C31H29ClF3NO2/c32-27-12-11-26(29(34)30(27)35)25-4-1-3-22-16-23(31(37)38)9-10-24(22)28(25)21-7-5-19(6-8-21)15-20-17-36(18-20)14-2-13-33/h5-12,16,20H,1-4,13-15,17-18H2,(H,37,38). The van der Waals surface area contributed by atoms with Crippen LogP contribution < -0.4 is 0 Å². The van der Waals surface area contributed by atoms with Crippen LogP contribution in [-0.2, 0) is 12.8 Å². The molecule has 0 bridgehead atoms. The highest BCUT2D eigenvalue weighted by Gasteiger charge is 2.27. The largest absolute Gasteiger partial charge is 0.478 e. The van der Waals surface area contributed by atoms with Gasteiger partial charge >= 0.3 is 5.97 Å². The number of carboxylic acids is 1. The van der Waals surface area contributed by atoms with Gasteiger partial charge in [-0.05, 0) is 89.6 Å². The van der Waals surface area contributed by atoms with Crippen molar-refractivity contribution in [1.29, 1.82) is 0 Å². The topological polar surface area (TPSA) is 40.5 Å². The number of likely N-dealkylation sites (tertiary alicyclic amines) is 1. The lowest BCUT2D eigenvalue weighted by Gasteiger charge is -2.39. The molecule has 1 heterocycles. The predicted octanol–water partition coefficient (Wildman–Crippen LogP) is 7.45. The van der Waals surface area contributed by atoms with Gasteiger partial charge in [-0.2, -0.15) is 0 Å². The predicted molar refractivity (Wildman–Crippen MR) is 144 cm³/mol. The number of allylic oxidation sites excluding steroid dienone is 1. The van der Waals surface area contributed by atoms with Crippen molar-refractivity contribution in [2.75, 3.05) is 26.3 Å². The molecule has 38 heavy (non-hydrogen) atoms. The van der Waals surface area contributed by atoms with Gasteiger partial charge in [-0.25, -0.2) is 13.6 Å². The number of carboxylic acid groups (broad SMARTS) is 1. The first-order valence-corrected chi connectivity index (χ1v) is 13.3. The fourth-order valence-electron chi connectivity index (χ4n) is 5.69. The third-order valence-electron chi connectivity index (χ3n) is 7.56. The van der Waals surface area contributed by atoms with Gasteiger partial charge in [0.1, 0.15) is 0 Å². The summed E-state index contributed by atoms with van der Waals surface area (Å²) in [4.78, 5) is 13.9. The van der Waals surface area contributed by atoms with E-state index in [1.807, 2.05) is 12.1 Å². The van der Waals surface area contributed by atoms with Gasteiger partial charge in [0, 0.05) is 25.2 Å². The number of hydrogen-bond acceptors (Lipinski definition) is 2. The third-order valence-corrected chi connectivity index (χ3v) is 7.86. The highest BCUT2D eigenvalue weighted by Crippen LogP contribution is 2.41. The van der Waals surface area contributed by atoms with Crippen LogP contribution in [0.3, 0.4) is 0 Å². The number of benzene rings is 3. The van der Waals surface area contributed by atoms with Gasteiger partial charge in [-0.15, -0.1) is 0 Å². The summed E-state index contributed by atoms with van der Waals surface area (Å²) < 4.78 is 42.1. The first kappa shape index (κ1) is 26.5. The maximum absolute atomic E-state index is 15.2. The van der Waals surface area contributed by atoms with Crippen LogP contribution in [0.4, 0.5) is 13.2 Å². The first-order valence-electron chi connectivity index (χ1n) is 13.0. The molecule has 0 unspecified atom stereocenters. The van der Waals surface area contributed by atoms with E-state index in [0.29, 0.717) is 37.2 Å². The van der Waals surface area contributed by atoms with Crippen molar-refractivity contribution in [2.45, 2.75) is 32.1 Å². The summed E-state index contributed by atoms with van der Waals surface area (Å²) in [5.74, 6) is -2.51. The summed E-state index contributed by atoms with van der Waals surface area (Å²) in [6.07, 6.45) is 3.29. The van der Waals surface area contributed by atoms with E-state index < -0.39 is 17.6 Å². The molecule has 1 aliphatic carbocycles. The van der Waals surface area contributed by atoms with E-state index in [-0.39, 0.29) is 22.8 Å². The number of aryl methyl sites for hydroxylation is 1. The zero-order chi connectivity index (χ0) is 26.8. The lowest BCUT2D eigenvalue weighted by molar-refractivity contribution is 0.0696. The molecular weight excluding hydrogens is 511 g/mol. The van der Waals surface area contributed by atoms with E-state index in [1.165, 1.54) is 17.7 Å². The van der Waals surface area contributed by atoms with Crippen LogP contribution in [0, 0.1) is 17.6 Å². The number of fused-ring (bicyclic) bond motifs is 1. The molecule has 0 spiro atoms. The molecule has 1 N–H and O–H groups in total. The fourth-order valence-corrected chi connectivity index (χ4v) is 5.84. The van der Waals surface area contributed by atoms with Crippen LogP contribution >= 0.6 is 11.6 Å². The normalized spacial score (nSPS) is 16.2. The zero-order valence-electron chi connectivity index (χ0n) is 21.0. The van der Waals surface area contributed by atoms with Crippen LogP contribution in [-0.4, -0.2) is 42.3 Å². The van der Waals surface area contributed by atoms with E-state index in [1.54, 1.807) is 18.2 Å². The summed E-state index contributed by atoms with van der Waals surface area (Å²) in [6.45, 7) is 2.46. The lowest BCUT2D eigenvalue weighted by atomic mass is 9.86. The monoisotopic (exact) mass is 539 g/mol. The van der Waals surface area contributed by atoms with E-state index in [4.69, 9.17) is 11.6 Å². The van der Waals surface area contributed by atoms with Crippen molar-refractivity contribution in [3.05, 3.63) is 105 Å². The summed E-state index contributed by atoms with van der Waals surface area (Å²) in [5.41, 5.74) is 5.57. The number of rotatable bonds is 8. The van der Waals surface area contributed by atoms with Gasteiger partial charge in [-0.3, -0.25) is 4.39 Å². The zero-order valence-corrected chi connectivity index (χ0v) is 21.7. The molecule has 3 aromatic carbocycles. The number of nitrogens with zero attached hydrogens (tertiary/aromatic N) is 1. The Kier molecular flexibility index (Phi) is 7.91. The van der Waals surface area contributed by atoms with Crippen LogP contribution in [0.5, 0.6) is 0 Å². The Morgan fingerprint density at radius 2 is 1.71 bits per heavy atom. The van der Waals surface area contributed by atoms with Crippen molar-refractivity contribution < 1.29 is 23.1 Å². The first-order chi connectivity index (χ1) is 18.4. The molecule has 198 valence electrons. The number of halogens is 4.